The minimum absolute atomic E-state index is 0.0999. The molecule has 5 rings (SSSR count). The lowest BCUT2D eigenvalue weighted by Gasteiger charge is -2.50. The van der Waals surface area contributed by atoms with Crippen molar-refractivity contribution in [3.63, 3.8) is 0 Å². The van der Waals surface area contributed by atoms with Gasteiger partial charge in [0.1, 0.15) is 25.1 Å². The molecule has 1 saturated heterocycles. The number of carbonyl (C=O) groups excluding carboxylic acids is 3. The summed E-state index contributed by atoms with van der Waals surface area (Å²) in [6.45, 7) is 1.82. The van der Waals surface area contributed by atoms with Gasteiger partial charge in [0.15, 0.2) is 22.6 Å². The van der Waals surface area contributed by atoms with Crippen molar-refractivity contribution in [1.29, 1.82) is 0 Å². The Balaban J connectivity index is 1.33. The minimum atomic E-state index is -1.49. The second kappa shape index (κ2) is 11.3. The van der Waals surface area contributed by atoms with Crippen LogP contribution in [0.3, 0.4) is 0 Å². The van der Waals surface area contributed by atoms with Crippen LogP contribution in [0.1, 0.15) is 12.7 Å². The van der Waals surface area contributed by atoms with Crippen LogP contribution in [-0.2, 0) is 26.3 Å². The zero-order valence-electron chi connectivity index (χ0n) is 20.3. The number of carboxylic acids is 1. The first-order valence-corrected chi connectivity index (χ1v) is 14.8. The molecule has 0 saturated carbocycles. The number of carboxylic acid groups (broad SMARTS) is 1. The van der Waals surface area contributed by atoms with E-state index in [0.29, 0.717) is 20.8 Å². The van der Waals surface area contributed by atoms with Crippen LogP contribution in [0.25, 0.3) is 11.3 Å². The summed E-state index contributed by atoms with van der Waals surface area (Å²) < 4.78 is 6.38. The Labute approximate surface area is 237 Å². The van der Waals surface area contributed by atoms with Crippen molar-refractivity contribution in [2.75, 3.05) is 12.4 Å². The van der Waals surface area contributed by atoms with E-state index in [9.17, 15) is 24.3 Å². The molecule has 0 aromatic carbocycles. The fourth-order valence-corrected chi connectivity index (χ4v) is 7.64. The number of aliphatic carboxylic acids is 1. The molecule has 2 atom stereocenters. The average Bonchev–Trinajstić information content (AvgIpc) is 3.56. The second-order valence-electron chi connectivity index (χ2n) is 8.07. The minimum Gasteiger partial charge on any atom is -0.543 e. The number of nitrogens with zero attached hydrogens (tertiary/aromatic N) is 5. The van der Waals surface area contributed by atoms with Crippen LogP contribution >= 0.6 is 46.4 Å². The molecule has 2 amide bonds. The van der Waals surface area contributed by atoms with Crippen molar-refractivity contribution >= 4 is 69.9 Å². The van der Waals surface area contributed by atoms with Crippen LogP contribution in [0.4, 0.5) is 0 Å². The second-order valence-corrected chi connectivity index (χ2v) is 12.1. The molecular weight excluding hydrogens is 587 g/mol. The number of thiazole rings is 1. The van der Waals surface area contributed by atoms with Gasteiger partial charge in [-0.15, -0.1) is 23.1 Å². The van der Waals surface area contributed by atoms with Crippen molar-refractivity contribution in [2.45, 2.75) is 22.7 Å². The molecule has 0 unspecified atom stereocenters. The number of hydrogen-bond donors (Lipinski definition) is 2. The summed E-state index contributed by atoms with van der Waals surface area (Å²) in [6.07, 6.45) is 3.81. The van der Waals surface area contributed by atoms with Gasteiger partial charge in [0.05, 0.1) is 17.4 Å². The number of amides is 2. The number of pyridine rings is 1. The van der Waals surface area contributed by atoms with Crippen LogP contribution in [0.5, 0.6) is 0 Å². The van der Waals surface area contributed by atoms with Crippen LogP contribution in [0.15, 0.2) is 54.8 Å². The maximum absolute atomic E-state index is 13.0. The van der Waals surface area contributed by atoms with Crippen molar-refractivity contribution in [1.82, 2.24) is 24.6 Å². The monoisotopic (exact) mass is 605 g/mol. The number of carbonyl (C=O) groups is 3. The Hall–Kier alpha value is -3.54. The van der Waals surface area contributed by atoms with Gasteiger partial charge in [-0.05, 0) is 6.92 Å². The molecule has 3 aromatic rings. The van der Waals surface area contributed by atoms with E-state index in [1.165, 1.54) is 34.9 Å². The standard InChI is InChI=1S/C22H19N7O6S4/c1-3-35-26-13(16-25-21(34)39-27-16)17(30)24-14-18(31)29-15(20(32)33)12(9-36-19(14)29)38-22-23-11(8-37-22)10-4-6-28(2)7-5-10/h4-8,14,19H,3,9H2,1-2H3,(H2-,24,25,27,30,32,33,34)/b26-13-/t14-,19-/m1/s1. The molecule has 202 valence electrons. The first-order valence-electron chi connectivity index (χ1n) is 11.3. The number of aryl methyl sites for hydroxylation is 1. The number of H-pyrrole nitrogens is 1. The molecule has 0 aliphatic carbocycles. The molecule has 0 bridgehead atoms. The summed E-state index contributed by atoms with van der Waals surface area (Å²) in [4.78, 5) is 62.6. The topological polar surface area (TPSA) is 174 Å². The number of oxime groups is 1. The summed E-state index contributed by atoms with van der Waals surface area (Å²) in [5.74, 6) is -2.74. The van der Waals surface area contributed by atoms with Gasteiger partial charge >= 0.3 is 4.87 Å². The third-order valence-corrected chi connectivity index (χ3v) is 9.57. The molecule has 0 spiro atoms. The van der Waals surface area contributed by atoms with E-state index < -0.39 is 34.1 Å². The number of β-lactam (4-membered cyclic amide) rings is 1. The van der Waals surface area contributed by atoms with Gasteiger partial charge in [-0.2, -0.15) is 4.37 Å². The lowest BCUT2D eigenvalue weighted by molar-refractivity contribution is -0.671. The Morgan fingerprint density at radius 1 is 1.36 bits per heavy atom. The predicted molar refractivity (Wildman–Crippen MR) is 143 cm³/mol. The zero-order valence-corrected chi connectivity index (χ0v) is 23.5. The average molecular weight is 606 g/mol. The van der Waals surface area contributed by atoms with Gasteiger partial charge in [0.2, 0.25) is 5.71 Å². The smallest absolute Gasteiger partial charge is 0.323 e. The maximum atomic E-state index is 13.0. The van der Waals surface area contributed by atoms with Crippen LogP contribution in [0, 0.1) is 0 Å². The highest BCUT2D eigenvalue weighted by Crippen LogP contribution is 2.45. The molecular formula is C22H19N7O6S4. The fourth-order valence-electron chi connectivity index (χ4n) is 3.74. The van der Waals surface area contributed by atoms with Gasteiger partial charge in [-0.25, -0.2) is 9.55 Å². The summed E-state index contributed by atoms with van der Waals surface area (Å²) in [6, 6.07) is 2.84. The van der Waals surface area contributed by atoms with E-state index in [1.54, 1.807) is 6.92 Å². The van der Waals surface area contributed by atoms with Crippen LogP contribution in [-0.4, -0.2) is 66.5 Å². The quantitative estimate of drug-likeness (QED) is 0.142. The van der Waals surface area contributed by atoms with Gasteiger partial charge in [0, 0.05) is 45.3 Å². The molecule has 1 fully saturated rings. The highest BCUT2D eigenvalue weighted by atomic mass is 32.2. The van der Waals surface area contributed by atoms with E-state index in [2.05, 4.69) is 24.8 Å². The molecule has 0 radical (unpaired) electrons. The number of rotatable bonds is 9. The van der Waals surface area contributed by atoms with E-state index in [4.69, 9.17) is 4.84 Å². The van der Waals surface area contributed by atoms with Crippen LogP contribution < -0.4 is 19.9 Å². The highest BCUT2D eigenvalue weighted by Gasteiger charge is 2.53. The van der Waals surface area contributed by atoms with Gasteiger partial charge in [-0.3, -0.25) is 24.3 Å². The number of thioether (sulfide) groups is 2. The SMILES string of the molecule is CCO/N=C(\C(=O)N[C@@H]1C(=O)N2C(C(=O)[O-])=C(Sc3nc(-c4cc[n+](C)cc4)cs3)CS[C@H]12)c1nsc(=O)[nH]1. The van der Waals surface area contributed by atoms with Crippen molar-refractivity contribution in [2.24, 2.45) is 12.2 Å². The van der Waals surface area contributed by atoms with Crippen molar-refractivity contribution < 1.29 is 28.9 Å². The van der Waals surface area contributed by atoms with Crippen molar-refractivity contribution in [3.8, 4) is 11.3 Å². The third kappa shape index (κ3) is 5.47. The van der Waals surface area contributed by atoms with Gasteiger partial charge in [-0.1, -0.05) is 16.9 Å². The molecule has 2 N–H and O–H groups in total. The Morgan fingerprint density at radius 2 is 2.13 bits per heavy atom. The first kappa shape index (κ1) is 27.0. The lowest BCUT2D eigenvalue weighted by Crippen LogP contribution is -2.71. The van der Waals surface area contributed by atoms with Gasteiger partial charge < -0.3 is 20.1 Å². The zero-order chi connectivity index (χ0) is 27.7. The molecule has 3 aromatic heterocycles. The number of hydrogen-bond acceptors (Lipinski definition) is 13. The number of aromatic nitrogens is 4. The van der Waals surface area contributed by atoms with E-state index in [-0.39, 0.29) is 29.6 Å². The fraction of sp³-hybridized carbons (Fsp3) is 0.273. The Morgan fingerprint density at radius 3 is 2.79 bits per heavy atom. The predicted octanol–water partition coefficient (Wildman–Crippen LogP) is -0.326. The number of aromatic amines is 1. The van der Waals surface area contributed by atoms with E-state index in [1.807, 2.05) is 41.5 Å². The molecule has 2 aliphatic rings. The summed E-state index contributed by atoms with van der Waals surface area (Å²) in [5, 5.41) is 19.6. The van der Waals surface area contributed by atoms with E-state index >= 15 is 0 Å². The van der Waals surface area contributed by atoms with E-state index in [0.717, 1.165) is 16.2 Å². The normalized spacial score (nSPS) is 19.0. The largest absolute Gasteiger partial charge is 0.543 e. The van der Waals surface area contributed by atoms with Gasteiger partial charge in [0.25, 0.3) is 11.8 Å². The Kier molecular flexibility index (Phi) is 7.83. The summed E-state index contributed by atoms with van der Waals surface area (Å²) >= 11 is 4.45. The molecule has 5 heterocycles. The molecule has 39 heavy (non-hydrogen) atoms. The van der Waals surface area contributed by atoms with Crippen molar-refractivity contribution in [3.05, 3.63) is 56.0 Å². The first-order chi connectivity index (χ1) is 18.8. The third-order valence-electron chi connectivity index (χ3n) is 5.55. The van der Waals surface area contributed by atoms with Crippen LogP contribution in [0.2, 0.25) is 0 Å². The lowest BCUT2D eigenvalue weighted by atomic mass is 10.0. The maximum Gasteiger partial charge on any atom is 0.323 e. The molecule has 13 nitrogen and oxygen atoms in total. The number of fused-ring (bicyclic) bond motifs is 1. The highest BCUT2D eigenvalue weighted by molar-refractivity contribution is 8.07. The number of nitrogens with one attached hydrogen (secondary N) is 2. The molecule has 17 heteroatoms. The molecule has 2 aliphatic heterocycles. The summed E-state index contributed by atoms with van der Waals surface area (Å²) in [5.41, 5.74) is 1.14. The summed E-state index contributed by atoms with van der Waals surface area (Å²) in [7, 11) is 1.91. The Bertz CT molecular complexity index is 1560.